The predicted octanol–water partition coefficient (Wildman–Crippen LogP) is 6.02. The molecule has 0 amide bonds. The Morgan fingerprint density at radius 2 is 1.81 bits per heavy atom. The minimum Gasteiger partial charge on any atom is -0.396 e. The van der Waals surface area contributed by atoms with Gasteiger partial charge >= 0.3 is 0 Å². The van der Waals surface area contributed by atoms with E-state index in [9.17, 15) is 4.79 Å². The van der Waals surface area contributed by atoms with Gasteiger partial charge in [0.15, 0.2) is 5.78 Å². The van der Waals surface area contributed by atoms with Gasteiger partial charge in [0.25, 0.3) is 0 Å². The summed E-state index contributed by atoms with van der Waals surface area (Å²) in [6, 6.07) is 0. The van der Waals surface area contributed by atoms with Crippen LogP contribution in [-0.2, 0) is 4.79 Å². The molecule has 3 aliphatic rings. The number of ketones is 1. The summed E-state index contributed by atoms with van der Waals surface area (Å²) in [5, 5.41) is 8.92. The number of hydrogen-bond acceptors (Lipinski definition) is 2. The molecule has 2 nitrogen and oxygen atoms in total. The molecule has 150 valence electrons. The Kier molecular flexibility index (Phi) is 7.93. The second-order valence-electron chi connectivity index (χ2n) is 8.85. The molecule has 2 saturated carbocycles. The van der Waals surface area contributed by atoms with Crippen molar-refractivity contribution in [1.82, 2.24) is 0 Å². The number of hydrogen-bond donors (Lipinski definition) is 1. The average molecular weight is 371 g/mol. The fourth-order valence-electron chi connectivity index (χ4n) is 5.70. The number of unbranched alkanes of at least 4 members (excludes halogenated alkanes) is 7. The van der Waals surface area contributed by atoms with Crippen molar-refractivity contribution in [3.8, 4) is 0 Å². The molecule has 2 bridgehead atoms. The van der Waals surface area contributed by atoms with E-state index in [1.54, 1.807) is 0 Å². The van der Waals surface area contributed by atoms with Gasteiger partial charge in [0, 0.05) is 12.5 Å². The summed E-state index contributed by atoms with van der Waals surface area (Å²) >= 11 is 0. The summed E-state index contributed by atoms with van der Waals surface area (Å²) in [7, 11) is 0. The van der Waals surface area contributed by atoms with Crippen molar-refractivity contribution in [2.45, 2.75) is 77.6 Å². The number of carbonyl (C=O) groups excluding carboxylic acids is 1. The van der Waals surface area contributed by atoms with Crippen molar-refractivity contribution >= 4 is 5.78 Å². The summed E-state index contributed by atoms with van der Waals surface area (Å²) in [5.74, 6) is 2.94. The Bertz CT molecular complexity index is 571. The van der Waals surface area contributed by atoms with Crippen LogP contribution in [0.15, 0.2) is 36.0 Å². The molecule has 3 rings (SSSR count). The maximum atomic E-state index is 13.2. The number of aliphatic hydroxyl groups excluding tert-OH is 1. The summed E-state index contributed by atoms with van der Waals surface area (Å²) < 4.78 is 0. The van der Waals surface area contributed by atoms with E-state index in [1.807, 2.05) is 0 Å². The van der Waals surface area contributed by atoms with Crippen molar-refractivity contribution in [3.63, 3.8) is 0 Å². The SMILES string of the molecule is CCCCC/C=C/C=C1/C(=O)[C@@H]2[C@H]([C@@H]1CCCCCCCO)[C@H]1C=C[C@@H]2C1. The molecule has 0 heterocycles. The first-order valence-corrected chi connectivity index (χ1v) is 11.5. The van der Waals surface area contributed by atoms with Gasteiger partial charge in [0.2, 0.25) is 0 Å². The van der Waals surface area contributed by atoms with Gasteiger partial charge in [0.05, 0.1) is 0 Å². The lowest BCUT2D eigenvalue weighted by atomic mass is 9.78. The minimum atomic E-state index is 0.277. The van der Waals surface area contributed by atoms with Crippen molar-refractivity contribution in [2.75, 3.05) is 6.61 Å². The number of Topliss-reactive ketones (excluding diaryl/α,β-unsaturated/α-hetero) is 1. The van der Waals surface area contributed by atoms with E-state index in [-0.39, 0.29) is 5.92 Å². The highest BCUT2D eigenvalue weighted by molar-refractivity contribution is 6.01. The molecule has 5 atom stereocenters. The maximum Gasteiger partial charge on any atom is 0.163 e. The van der Waals surface area contributed by atoms with Crippen LogP contribution in [0.2, 0.25) is 0 Å². The molecule has 1 N–H and O–H groups in total. The fourth-order valence-corrected chi connectivity index (χ4v) is 5.70. The second kappa shape index (κ2) is 10.4. The first-order valence-electron chi connectivity index (χ1n) is 11.5. The molecule has 3 aliphatic carbocycles. The topological polar surface area (TPSA) is 37.3 Å². The lowest BCUT2D eigenvalue weighted by Crippen LogP contribution is -2.21. The molecule has 0 radical (unpaired) electrons. The number of aliphatic hydroxyl groups is 1. The van der Waals surface area contributed by atoms with Crippen LogP contribution in [0.3, 0.4) is 0 Å². The molecule has 0 aromatic rings. The van der Waals surface area contributed by atoms with Crippen LogP contribution in [0.1, 0.15) is 77.6 Å². The van der Waals surface area contributed by atoms with Crippen molar-refractivity contribution in [1.29, 1.82) is 0 Å². The van der Waals surface area contributed by atoms with Gasteiger partial charge in [-0.2, -0.15) is 0 Å². The van der Waals surface area contributed by atoms with Gasteiger partial charge in [0.1, 0.15) is 0 Å². The molecule has 0 aromatic heterocycles. The van der Waals surface area contributed by atoms with E-state index in [0.29, 0.717) is 36.1 Å². The third kappa shape index (κ3) is 4.83. The third-order valence-electron chi connectivity index (χ3n) is 7.03. The van der Waals surface area contributed by atoms with Crippen LogP contribution in [0.5, 0.6) is 0 Å². The van der Waals surface area contributed by atoms with E-state index in [1.165, 1.54) is 51.4 Å². The van der Waals surface area contributed by atoms with Crippen molar-refractivity contribution in [2.24, 2.45) is 29.6 Å². The average Bonchev–Trinajstić information content (AvgIpc) is 3.35. The van der Waals surface area contributed by atoms with E-state index < -0.39 is 0 Å². The summed E-state index contributed by atoms with van der Waals surface area (Å²) in [5.41, 5.74) is 1.13. The molecule has 0 saturated heterocycles. The number of carbonyl (C=O) groups is 1. The molecule has 0 aromatic carbocycles. The van der Waals surface area contributed by atoms with Crippen LogP contribution in [-0.4, -0.2) is 17.5 Å². The highest BCUT2D eigenvalue weighted by Gasteiger charge is 2.57. The van der Waals surface area contributed by atoms with E-state index in [4.69, 9.17) is 5.11 Å². The summed E-state index contributed by atoms with van der Waals surface area (Å²) in [6.07, 6.45) is 24.3. The molecule has 0 spiro atoms. The van der Waals surface area contributed by atoms with Crippen LogP contribution in [0.25, 0.3) is 0 Å². The van der Waals surface area contributed by atoms with E-state index in [0.717, 1.165) is 24.8 Å². The standard InChI is InChI=1S/C25H38O2/c1-2-3-4-5-7-11-14-22-21(13-10-8-6-9-12-17-26)23-19-15-16-20(18-19)24(23)25(22)27/h7,11,14-16,19-21,23-24,26H,2-6,8-10,12-13,17-18H2,1H3/b11-7+,22-14+/t19-,20+,21+,23-,24-/m0/s1. The Morgan fingerprint density at radius 1 is 1.04 bits per heavy atom. The highest BCUT2D eigenvalue weighted by atomic mass is 16.2. The highest BCUT2D eigenvalue weighted by Crippen LogP contribution is 2.58. The zero-order valence-electron chi connectivity index (χ0n) is 17.1. The Morgan fingerprint density at radius 3 is 2.63 bits per heavy atom. The zero-order chi connectivity index (χ0) is 19.1. The van der Waals surface area contributed by atoms with Crippen LogP contribution >= 0.6 is 0 Å². The first kappa shape index (κ1) is 20.6. The maximum absolute atomic E-state index is 13.2. The molecule has 0 aliphatic heterocycles. The number of allylic oxidation sites excluding steroid dienone is 6. The molecule has 27 heavy (non-hydrogen) atoms. The summed E-state index contributed by atoms with van der Waals surface area (Å²) in [4.78, 5) is 13.2. The quantitative estimate of drug-likeness (QED) is 0.259. The van der Waals surface area contributed by atoms with Gasteiger partial charge in [-0.3, -0.25) is 4.79 Å². The number of fused-ring (bicyclic) bond motifs is 5. The molecule has 2 heteroatoms. The van der Waals surface area contributed by atoms with Crippen molar-refractivity contribution in [3.05, 3.63) is 36.0 Å². The zero-order valence-corrected chi connectivity index (χ0v) is 17.1. The predicted molar refractivity (Wildman–Crippen MR) is 112 cm³/mol. The van der Waals surface area contributed by atoms with Crippen LogP contribution in [0, 0.1) is 29.6 Å². The van der Waals surface area contributed by atoms with Gasteiger partial charge in [-0.15, -0.1) is 0 Å². The van der Waals surface area contributed by atoms with Gasteiger partial charge in [-0.1, -0.05) is 75.8 Å². The largest absolute Gasteiger partial charge is 0.396 e. The van der Waals surface area contributed by atoms with Crippen molar-refractivity contribution < 1.29 is 9.90 Å². The molecular formula is C25H38O2. The molecular weight excluding hydrogens is 332 g/mol. The first-order chi connectivity index (χ1) is 13.3. The van der Waals surface area contributed by atoms with E-state index >= 15 is 0 Å². The minimum absolute atomic E-state index is 0.277. The smallest absolute Gasteiger partial charge is 0.163 e. The molecule has 0 unspecified atom stereocenters. The Labute approximate surface area is 165 Å². The Balaban J connectivity index is 1.60. The lowest BCUT2D eigenvalue weighted by Gasteiger charge is -2.25. The third-order valence-corrected chi connectivity index (χ3v) is 7.03. The fraction of sp³-hybridized carbons (Fsp3) is 0.720. The van der Waals surface area contributed by atoms with E-state index in [2.05, 4.69) is 37.3 Å². The van der Waals surface area contributed by atoms with Crippen LogP contribution in [0.4, 0.5) is 0 Å². The lowest BCUT2D eigenvalue weighted by molar-refractivity contribution is -0.119. The monoisotopic (exact) mass is 370 g/mol. The normalized spacial score (nSPS) is 33.0. The number of rotatable bonds is 12. The summed E-state index contributed by atoms with van der Waals surface area (Å²) in [6.45, 7) is 2.55. The molecule has 2 fully saturated rings. The van der Waals surface area contributed by atoms with Gasteiger partial charge < -0.3 is 5.11 Å². The second-order valence-corrected chi connectivity index (χ2v) is 8.85. The Hall–Kier alpha value is -1.15. The van der Waals surface area contributed by atoms with Gasteiger partial charge in [-0.05, 0) is 61.3 Å². The van der Waals surface area contributed by atoms with Gasteiger partial charge in [-0.25, -0.2) is 0 Å². The van der Waals surface area contributed by atoms with Crippen LogP contribution < -0.4 is 0 Å².